The second kappa shape index (κ2) is 5.37. The van der Waals surface area contributed by atoms with E-state index >= 15 is 0 Å². The number of fused-ring (bicyclic) bond motifs is 1. The summed E-state index contributed by atoms with van der Waals surface area (Å²) in [6.07, 6.45) is 4.00. The minimum absolute atomic E-state index is 0.469. The first kappa shape index (κ1) is 13.3. The van der Waals surface area contributed by atoms with Crippen molar-refractivity contribution >= 4 is 11.0 Å². The van der Waals surface area contributed by atoms with Gasteiger partial charge in [0.15, 0.2) is 0 Å². The first-order valence-corrected chi connectivity index (χ1v) is 6.95. The molecule has 0 saturated carbocycles. The molecule has 0 amide bonds. The maximum absolute atomic E-state index is 8.90. The van der Waals surface area contributed by atoms with Gasteiger partial charge < -0.3 is 4.57 Å². The van der Waals surface area contributed by atoms with Crippen molar-refractivity contribution in [2.45, 2.75) is 26.8 Å². The number of benzene rings is 1. The molecule has 104 valence electrons. The van der Waals surface area contributed by atoms with Crippen molar-refractivity contribution in [2.24, 2.45) is 0 Å². The van der Waals surface area contributed by atoms with Crippen LogP contribution < -0.4 is 0 Å². The highest BCUT2D eigenvalue weighted by Crippen LogP contribution is 2.26. The fourth-order valence-electron chi connectivity index (χ4n) is 2.49. The van der Waals surface area contributed by atoms with Crippen LogP contribution in [0.2, 0.25) is 0 Å². The second-order valence-electron chi connectivity index (χ2n) is 5.16. The molecule has 0 spiro atoms. The number of aromatic nitrogens is 3. The average Bonchev–Trinajstić information content (AvgIpc) is 2.84. The monoisotopic (exact) mass is 276 g/mol. The Morgan fingerprint density at radius 2 is 1.86 bits per heavy atom. The van der Waals surface area contributed by atoms with Crippen molar-refractivity contribution in [2.75, 3.05) is 0 Å². The van der Waals surface area contributed by atoms with Crippen molar-refractivity contribution in [3.8, 4) is 17.5 Å². The normalized spacial score (nSPS) is 10.7. The Morgan fingerprint density at radius 1 is 1.14 bits per heavy atom. The van der Waals surface area contributed by atoms with E-state index in [2.05, 4.69) is 41.6 Å². The molecule has 0 aliphatic rings. The molecule has 0 radical (unpaired) electrons. The number of nitrogens with zero attached hydrogens (tertiary/aromatic N) is 4. The molecule has 0 fully saturated rings. The summed E-state index contributed by atoms with van der Waals surface area (Å²) in [5.74, 6) is 0.896. The third-order valence-corrected chi connectivity index (χ3v) is 3.75. The zero-order valence-corrected chi connectivity index (χ0v) is 12.2. The lowest BCUT2D eigenvalue weighted by Gasteiger charge is -2.07. The van der Waals surface area contributed by atoms with Crippen LogP contribution in [0.4, 0.5) is 0 Å². The molecule has 0 unspecified atom stereocenters. The topological polar surface area (TPSA) is 54.5 Å². The standard InChI is InChI=1S/C17H16N4/c1-12-10-15-16(11-13(12)2)21(9-3-6-18)17(20-15)14-4-7-19-8-5-14/h4-5,7-8,10-11H,3,9H2,1-2H3. The number of nitriles is 1. The van der Waals surface area contributed by atoms with Gasteiger partial charge in [-0.25, -0.2) is 4.98 Å². The average molecular weight is 276 g/mol. The van der Waals surface area contributed by atoms with Gasteiger partial charge in [0.05, 0.1) is 23.5 Å². The van der Waals surface area contributed by atoms with E-state index in [1.54, 1.807) is 12.4 Å². The smallest absolute Gasteiger partial charge is 0.141 e. The Morgan fingerprint density at radius 3 is 2.57 bits per heavy atom. The molecule has 0 bridgehead atoms. The van der Waals surface area contributed by atoms with Crippen LogP contribution in [0.15, 0.2) is 36.7 Å². The van der Waals surface area contributed by atoms with Gasteiger partial charge in [-0.15, -0.1) is 0 Å². The van der Waals surface area contributed by atoms with E-state index < -0.39 is 0 Å². The highest BCUT2D eigenvalue weighted by molar-refractivity contribution is 5.82. The molecule has 0 aliphatic heterocycles. The number of hydrogen-bond donors (Lipinski definition) is 0. The Kier molecular flexibility index (Phi) is 3.41. The SMILES string of the molecule is Cc1cc2nc(-c3ccncc3)n(CCC#N)c2cc1C. The van der Waals surface area contributed by atoms with Gasteiger partial charge in [-0.2, -0.15) is 5.26 Å². The molecule has 0 saturated heterocycles. The Labute approximate surface area is 123 Å². The van der Waals surface area contributed by atoms with Gasteiger partial charge in [0, 0.05) is 24.5 Å². The van der Waals surface area contributed by atoms with Crippen LogP contribution in [0.3, 0.4) is 0 Å². The van der Waals surface area contributed by atoms with Crippen LogP contribution in [-0.2, 0) is 6.54 Å². The predicted molar refractivity (Wildman–Crippen MR) is 82.7 cm³/mol. The summed E-state index contributed by atoms with van der Waals surface area (Å²) in [6, 6.07) is 10.4. The van der Waals surface area contributed by atoms with Crippen LogP contribution in [0.25, 0.3) is 22.4 Å². The zero-order valence-electron chi connectivity index (χ0n) is 12.2. The summed E-state index contributed by atoms with van der Waals surface area (Å²) in [5, 5.41) is 8.90. The van der Waals surface area contributed by atoms with Crippen LogP contribution in [0.1, 0.15) is 17.5 Å². The first-order chi connectivity index (χ1) is 10.2. The number of hydrogen-bond acceptors (Lipinski definition) is 3. The minimum Gasteiger partial charge on any atom is -0.323 e. The van der Waals surface area contributed by atoms with Crippen molar-refractivity contribution < 1.29 is 0 Å². The van der Waals surface area contributed by atoms with Crippen LogP contribution in [-0.4, -0.2) is 14.5 Å². The number of aryl methyl sites for hydroxylation is 3. The van der Waals surface area contributed by atoms with Crippen molar-refractivity contribution in [1.82, 2.24) is 14.5 Å². The largest absolute Gasteiger partial charge is 0.323 e. The van der Waals surface area contributed by atoms with E-state index in [0.717, 1.165) is 22.4 Å². The molecule has 21 heavy (non-hydrogen) atoms. The number of pyridine rings is 1. The van der Waals surface area contributed by atoms with E-state index in [-0.39, 0.29) is 0 Å². The lowest BCUT2D eigenvalue weighted by molar-refractivity contribution is 0.744. The molecule has 2 aromatic heterocycles. The Balaban J connectivity index is 2.25. The molecule has 1 aromatic carbocycles. The molecule has 0 aliphatic carbocycles. The Bertz CT molecular complexity index is 825. The summed E-state index contributed by atoms with van der Waals surface area (Å²) in [4.78, 5) is 8.82. The summed E-state index contributed by atoms with van der Waals surface area (Å²) in [5.41, 5.74) is 5.55. The molecule has 0 N–H and O–H groups in total. The van der Waals surface area contributed by atoms with E-state index in [4.69, 9.17) is 10.2 Å². The van der Waals surface area contributed by atoms with Crippen LogP contribution in [0, 0.1) is 25.2 Å². The lowest BCUT2D eigenvalue weighted by atomic mass is 10.1. The molecule has 2 heterocycles. The third kappa shape index (κ3) is 2.38. The van der Waals surface area contributed by atoms with Gasteiger partial charge in [0.2, 0.25) is 0 Å². The van der Waals surface area contributed by atoms with Gasteiger partial charge >= 0.3 is 0 Å². The minimum atomic E-state index is 0.469. The Hall–Kier alpha value is -2.67. The summed E-state index contributed by atoms with van der Waals surface area (Å²) < 4.78 is 2.13. The van der Waals surface area contributed by atoms with Gasteiger partial charge in [0.1, 0.15) is 5.82 Å². The maximum atomic E-state index is 8.90. The maximum Gasteiger partial charge on any atom is 0.141 e. The first-order valence-electron chi connectivity index (χ1n) is 6.95. The molecule has 4 nitrogen and oxygen atoms in total. The molecule has 3 aromatic rings. The van der Waals surface area contributed by atoms with Gasteiger partial charge in [-0.1, -0.05) is 0 Å². The fraction of sp³-hybridized carbons (Fsp3) is 0.235. The number of rotatable bonds is 3. The van der Waals surface area contributed by atoms with Gasteiger partial charge in [0.25, 0.3) is 0 Å². The third-order valence-electron chi connectivity index (χ3n) is 3.75. The second-order valence-corrected chi connectivity index (χ2v) is 5.16. The van der Waals surface area contributed by atoms with E-state index in [9.17, 15) is 0 Å². The molecular weight excluding hydrogens is 260 g/mol. The van der Waals surface area contributed by atoms with E-state index in [0.29, 0.717) is 13.0 Å². The van der Waals surface area contributed by atoms with Crippen molar-refractivity contribution in [3.05, 3.63) is 47.8 Å². The quantitative estimate of drug-likeness (QED) is 0.734. The molecule has 3 rings (SSSR count). The fourth-order valence-corrected chi connectivity index (χ4v) is 2.49. The lowest BCUT2D eigenvalue weighted by Crippen LogP contribution is -2.00. The molecule has 4 heteroatoms. The van der Waals surface area contributed by atoms with Crippen LogP contribution >= 0.6 is 0 Å². The summed E-state index contributed by atoms with van der Waals surface area (Å²) >= 11 is 0. The number of imidazole rings is 1. The van der Waals surface area contributed by atoms with Crippen LogP contribution in [0.5, 0.6) is 0 Å². The van der Waals surface area contributed by atoms with Crippen molar-refractivity contribution in [1.29, 1.82) is 5.26 Å². The summed E-state index contributed by atoms with van der Waals surface area (Å²) in [7, 11) is 0. The predicted octanol–water partition coefficient (Wildman–Crippen LogP) is 3.63. The zero-order chi connectivity index (χ0) is 14.8. The van der Waals surface area contributed by atoms with Crippen molar-refractivity contribution in [3.63, 3.8) is 0 Å². The molecule has 0 atom stereocenters. The van der Waals surface area contributed by atoms with E-state index in [1.165, 1.54) is 11.1 Å². The van der Waals surface area contributed by atoms with Gasteiger partial charge in [-0.05, 0) is 49.2 Å². The van der Waals surface area contributed by atoms with Gasteiger partial charge in [-0.3, -0.25) is 4.98 Å². The highest BCUT2D eigenvalue weighted by Gasteiger charge is 2.13. The summed E-state index contributed by atoms with van der Waals surface area (Å²) in [6.45, 7) is 4.84. The van der Waals surface area contributed by atoms with E-state index in [1.807, 2.05) is 12.1 Å². The highest BCUT2D eigenvalue weighted by atomic mass is 15.1. The molecular formula is C17H16N4.